The van der Waals surface area contributed by atoms with E-state index in [1.165, 1.54) is 3.97 Å². The molecule has 1 unspecified atom stereocenters. The van der Waals surface area contributed by atoms with E-state index < -0.39 is 19.8 Å². The van der Waals surface area contributed by atoms with E-state index in [0.717, 1.165) is 10.9 Å². The highest BCUT2D eigenvalue weighted by Gasteiger charge is 2.23. The Labute approximate surface area is 177 Å². The summed E-state index contributed by atoms with van der Waals surface area (Å²) in [4.78, 5) is 0.824. The van der Waals surface area contributed by atoms with Crippen LogP contribution in [-0.2, 0) is 26.3 Å². The summed E-state index contributed by atoms with van der Waals surface area (Å²) < 4.78 is 45.8. The fraction of sp³-hybridized carbons (Fsp3) is 0.130. The van der Waals surface area contributed by atoms with Gasteiger partial charge in [0.05, 0.1) is 32.4 Å². The van der Waals surface area contributed by atoms with E-state index in [9.17, 15) is 12.6 Å². The molecule has 154 valence electrons. The molecule has 7 heteroatoms. The largest absolute Gasteiger partial charge is 0.268 e. The molecule has 0 N–H and O–H groups in total. The van der Waals surface area contributed by atoms with Gasteiger partial charge in [0.2, 0.25) is 0 Å². The molecule has 0 aliphatic carbocycles. The van der Waals surface area contributed by atoms with Crippen LogP contribution in [0.4, 0.5) is 0 Å². The average molecular weight is 439 g/mol. The quantitative estimate of drug-likeness (QED) is 0.448. The van der Waals surface area contributed by atoms with Gasteiger partial charge in [-0.25, -0.2) is 21.0 Å². The first kappa shape index (κ1) is 20.4. The van der Waals surface area contributed by atoms with Crippen molar-refractivity contribution in [3.05, 3.63) is 96.2 Å². The van der Waals surface area contributed by atoms with E-state index >= 15 is 0 Å². The number of fused-ring (bicyclic) bond motifs is 1. The smallest absolute Gasteiger partial charge is 0.245 e. The second-order valence-electron chi connectivity index (χ2n) is 7.18. The molecular formula is C23H22N2O3S2. The predicted molar refractivity (Wildman–Crippen MR) is 121 cm³/mol. The number of para-hydroxylation sites is 1. The van der Waals surface area contributed by atoms with E-state index in [1.54, 1.807) is 60.9 Å². The summed E-state index contributed by atoms with van der Waals surface area (Å²) in [6, 6.07) is 24.9. The fourth-order valence-corrected chi connectivity index (χ4v) is 6.06. The fourth-order valence-electron chi connectivity index (χ4n) is 3.33. The van der Waals surface area contributed by atoms with Crippen molar-refractivity contribution in [2.24, 2.45) is 4.36 Å². The Morgan fingerprint density at radius 3 is 2.13 bits per heavy atom. The first-order valence-electron chi connectivity index (χ1n) is 9.44. The van der Waals surface area contributed by atoms with Crippen molar-refractivity contribution < 1.29 is 12.6 Å². The highest BCUT2D eigenvalue weighted by Crippen LogP contribution is 2.27. The summed E-state index contributed by atoms with van der Waals surface area (Å²) in [5, 5.41) is 0.792. The molecule has 1 aromatic heterocycles. The third-order valence-corrected chi connectivity index (χ3v) is 8.50. The molecule has 0 saturated heterocycles. The second kappa shape index (κ2) is 7.74. The molecule has 1 atom stereocenters. The van der Waals surface area contributed by atoms with Crippen molar-refractivity contribution in [2.75, 3.05) is 6.26 Å². The standard InChI is InChI=1S/C23H22N2O3S2/c1-18-12-14-22(15-13-18)30(27,28)25-20(16-19-8-6-7-11-23(19)25)17-24-29(2,26)21-9-4-3-5-10-21/h3-16H,17H2,1-2H3. The normalized spacial score (nSPS) is 13.8. The number of rotatable bonds is 5. The van der Waals surface area contributed by atoms with Crippen LogP contribution in [0.2, 0.25) is 0 Å². The van der Waals surface area contributed by atoms with Crippen LogP contribution in [0.25, 0.3) is 10.9 Å². The molecule has 5 nitrogen and oxygen atoms in total. The minimum atomic E-state index is -3.84. The van der Waals surface area contributed by atoms with Crippen molar-refractivity contribution >= 4 is 30.7 Å². The molecule has 0 aliphatic rings. The Balaban J connectivity index is 1.87. The van der Waals surface area contributed by atoms with E-state index in [4.69, 9.17) is 0 Å². The van der Waals surface area contributed by atoms with Crippen LogP contribution in [0, 0.1) is 6.92 Å². The van der Waals surface area contributed by atoms with Crippen LogP contribution in [-0.4, -0.2) is 22.9 Å². The number of nitrogens with zero attached hydrogens (tertiary/aromatic N) is 2. The molecule has 0 fully saturated rings. The molecular weight excluding hydrogens is 416 g/mol. The highest BCUT2D eigenvalue weighted by atomic mass is 32.2. The van der Waals surface area contributed by atoms with E-state index in [-0.39, 0.29) is 11.4 Å². The number of hydrogen-bond donors (Lipinski definition) is 0. The third-order valence-electron chi connectivity index (χ3n) is 4.95. The van der Waals surface area contributed by atoms with Gasteiger partial charge in [-0.3, -0.25) is 0 Å². The van der Waals surface area contributed by atoms with Gasteiger partial charge in [-0.1, -0.05) is 54.1 Å². The van der Waals surface area contributed by atoms with Crippen molar-refractivity contribution in [1.82, 2.24) is 3.97 Å². The van der Waals surface area contributed by atoms with Crippen LogP contribution in [0.15, 0.2) is 99.1 Å². The molecule has 0 bridgehead atoms. The predicted octanol–water partition coefficient (Wildman–Crippen LogP) is 4.84. The SMILES string of the molecule is Cc1ccc(S(=O)(=O)n2c(CN=S(C)(=O)c3ccccc3)cc3ccccc32)cc1. The lowest BCUT2D eigenvalue weighted by Gasteiger charge is -2.12. The van der Waals surface area contributed by atoms with Gasteiger partial charge in [0.15, 0.2) is 0 Å². The number of benzene rings is 3. The van der Waals surface area contributed by atoms with Crippen LogP contribution in [0.5, 0.6) is 0 Å². The first-order chi connectivity index (χ1) is 14.3. The monoisotopic (exact) mass is 438 g/mol. The third kappa shape index (κ3) is 3.78. The summed E-state index contributed by atoms with van der Waals surface area (Å²) in [5.41, 5.74) is 2.03. The van der Waals surface area contributed by atoms with Crippen molar-refractivity contribution in [3.8, 4) is 0 Å². The van der Waals surface area contributed by atoms with Crippen LogP contribution in [0.3, 0.4) is 0 Å². The zero-order chi connectivity index (χ0) is 21.4. The summed E-state index contributed by atoms with van der Waals surface area (Å²) in [6.07, 6.45) is 1.57. The molecule has 0 radical (unpaired) electrons. The van der Waals surface area contributed by atoms with Gasteiger partial charge in [-0.05, 0) is 43.3 Å². The van der Waals surface area contributed by atoms with Gasteiger partial charge in [0.25, 0.3) is 10.0 Å². The Kier molecular flexibility index (Phi) is 5.26. The molecule has 3 aromatic carbocycles. The van der Waals surface area contributed by atoms with Gasteiger partial charge in [-0.15, -0.1) is 0 Å². The lowest BCUT2D eigenvalue weighted by atomic mass is 10.2. The van der Waals surface area contributed by atoms with Crippen LogP contribution < -0.4 is 0 Å². The van der Waals surface area contributed by atoms with Gasteiger partial charge in [-0.2, -0.15) is 0 Å². The van der Waals surface area contributed by atoms with Crippen LogP contribution in [0.1, 0.15) is 11.3 Å². The molecule has 30 heavy (non-hydrogen) atoms. The molecule has 4 aromatic rings. The maximum Gasteiger partial charge on any atom is 0.268 e. The van der Waals surface area contributed by atoms with Crippen molar-refractivity contribution in [2.45, 2.75) is 23.3 Å². The highest BCUT2D eigenvalue weighted by molar-refractivity contribution is 7.93. The number of aromatic nitrogens is 1. The topological polar surface area (TPSA) is 68.5 Å². The number of hydrogen-bond acceptors (Lipinski definition) is 4. The van der Waals surface area contributed by atoms with Gasteiger partial charge < -0.3 is 0 Å². The average Bonchev–Trinajstić information content (AvgIpc) is 3.13. The molecule has 0 saturated carbocycles. The molecule has 0 aliphatic heterocycles. The summed E-state index contributed by atoms with van der Waals surface area (Å²) >= 11 is 0. The maximum absolute atomic E-state index is 13.5. The Morgan fingerprint density at radius 2 is 1.43 bits per heavy atom. The van der Waals surface area contributed by atoms with Gasteiger partial charge in [0.1, 0.15) is 0 Å². The van der Waals surface area contributed by atoms with Gasteiger partial charge in [0, 0.05) is 16.5 Å². The van der Waals surface area contributed by atoms with Crippen molar-refractivity contribution in [1.29, 1.82) is 0 Å². The minimum absolute atomic E-state index is 0.0179. The Bertz CT molecular complexity index is 1430. The molecule has 4 rings (SSSR count). The summed E-state index contributed by atoms with van der Waals surface area (Å²) in [6.45, 7) is 1.93. The van der Waals surface area contributed by atoms with E-state index in [0.29, 0.717) is 16.1 Å². The van der Waals surface area contributed by atoms with Gasteiger partial charge >= 0.3 is 0 Å². The lowest BCUT2D eigenvalue weighted by molar-refractivity contribution is 0.587. The second-order valence-corrected chi connectivity index (χ2v) is 11.3. The maximum atomic E-state index is 13.5. The molecule has 1 heterocycles. The van der Waals surface area contributed by atoms with E-state index in [1.807, 2.05) is 37.3 Å². The summed E-state index contributed by atoms with van der Waals surface area (Å²) in [5.74, 6) is 0. The molecule has 0 spiro atoms. The van der Waals surface area contributed by atoms with E-state index in [2.05, 4.69) is 4.36 Å². The van der Waals surface area contributed by atoms with Crippen LogP contribution >= 0.6 is 0 Å². The lowest BCUT2D eigenvalue weighted by Crippen LogP contribution is -2.15. The summed E-state index contributed by atoms with van der Waals surface area (Å²) in [7, 11) is -6.50. The molecule has 0 amide bonds. The zero-order valence-electron chi connectivity index (χ0n) is 16.7. The number of aryl methyl sites for hydroxylation is 1. The zero-order valence-corrected chi connectivity index (χ0v) is 18.4. The first-order valence-corrected chi connectivity index (χ1v) is 12.8. The van der Waals surface area contributed by atoms with Crippen molar-refractivity contribution in [3.63, 3.8) is 0 Å². The minimum Gasteiger partial charge on any atom is -0.245 e. The Morgan fingerprint density at radius 1 is 0.800 bits per heavy atom. The Hall–Kier alpha value is -2.90.